The molecule has 1 amide bonds. The number of ether oxygens (including phenoxy) is 1. The highest BCUT2D eigenvalue weighted by Crippen LogP contribution is 2.14. The number of nitrogens with zero attached hydrogens (tertiary/aromatic N) is 1. The maximum absolute atomic E-state index is 11.6. The van der Waals surface area contributed by atoms with Gasteiger partial charge in [0.2, 0.25) is 0 Å². The summed E-state index contributed by atoms with van der Waals surface area (Å²) in [5.41, 5.74) is 3.21. The molecule has 0 fully saturated rings. The first-order valence-electron chi connectivity index (χ1n) is 7.53. The first kappa shape index (κ1) is 16.6. The molecule has 2 rings (SSSR count). The van der Waals surface area contributed by atoms with E-state index in [-0.39, 0.29) is 6.61 Å². The normalized spacial score (nSPS) is 10.5. The Labute approximate surface area is 137 Å². The fourth-order valence-corrected chi connectivity index (χ4v) is 2.02. The lowest BCUT2D eigenvalue weighted by atomic mass is 10.2. The highest BCUT2D eigenvalue weighted by Gasteiger charge is 2.00. The second kappa shape index (κ2) is 8.63. The first-order valence-corrected chi connectivity index (χ1v) is 7.53. The fraction of sp³-hybridized carbons (Fsp3) is 0.211. The van der Waals surface area contributed by atoms with Crippen LogP contribution in [0.25, 0.3) is 6.08 Å². The van der Waals surface area contributed by atoms with Crippen LogP contribution in [0.3, 0.4) is 0 Å². The quantitative estimate of drug-likeness (QED) is 0.884. The lowest BCUT2D eigenvalue weighted by Gasteiger charge is -2.12. The van der Waals surface area contributed by atoms with Crippen molar-refractivity contribution >= 4 is 17.9 Å². The van der Waals surface area contributed by atoms with E-state index in [9.17, 15) is 4.79 Å². The minimum atomic E-state index is -0.416. The molecule has 0 bridgehead atoms. The van der Waals surface area contributed by atoms with E-state index in [0.717, 1.165) is 16.8 Å². The Morgan fingerprint density at radius 3 is 2.65 bits per heavy atom. The van der Waals surface area contributed by atoms with Gasteiger partial charge in [-0.05, 0) is 23.3 Å². The molecule has 4 nitrogen and oxygen atoms in total. The molecule has 1 N–H and O–H groups in total. The van der Waals surface area contributed by atoms with Crippen LogP contribution in [0.15, 0.2) is 60.7 Å². The van der Waals surface area contributed by atoms with Gasteiger partial charge in [-0.25, -0.2) is 4.79 Å². The lowest BCUT2D eigenvalue weighted by Crippen LogP contribution is -2.24. The molecule has 0 aromatic heterocycles. The van der Waals surface area contributed by atoms with Crippen LogP contribution in [0.4, 0.5) is 10.5 Å². The zero-order chi connectivity index (χ0) is 16.5. The van der Waals surface area contributed by atoms with Crippen LogP contribution in [0.1, 0.15) is 11.1 Å². The lowest BCUT2D eigenvalue weighted by molar-refractivity contribution is 0.141. The van der Waals surface area contributed by atoms with Crippen LogP contribution in [0, 0.1) is 0 Å². The van der Waals surface area contributed by atoms with Crippen LogP contribution in [-0.4, -0.2) is 26.7 Å². The number of hydrogen-bond acceptors (Lipinski definition) is 3. The van der Waals surface area contributed by atoms with Crippen molar-refractivity contribution in [3.63, 3.8) is 0 Å². The summed E-state index contributed by atoms with van der Waals surface area (Å²) in [6.07, 6.45) is 3.46. The number of carbonyl (C=O) groups excluding carboxylic acids is 1. The number of rotatable bonds is 6. The standard InChI is InChI=1S/C19H22N2O2/c1-21(2)18-12-6-10-16(14-18)11-7-13-20-19(22)23-15-17-8-4-3-5-9-17/h3-12,14H,13,15H2,1-2H3,(H,20,22). The first-order chi connectivity index (χ1) is 11.1. The summed E-state index contributed by atoms with van der Waals surface area (Å²) in [6, 6.07) is 17.8. The molecule has 0 heterocycles. The largest absolute Gasteiger partial charge is 0.445 e. The highest BCUT2D eigenvalue weighted by atomic mass is 16.5. The third-order valence-corrected chi connectivity index (χ3v) is 3.27. The average molecular weight is 310 g/mol. The molecule has 0 saturated heterocycles. The molecule has 0 atom stereocenters. The van der Waals surface area contributed by atoms with Gasteiger partial charge in [-0.15, -0.1) is 0 Å². The minimum absolute atomic E-state index is 0.279. The molecular weight excluding hydrogens is 288 g/mol. The van der Waals surface area contributed by atoms with Crippen LogP contribution in [-0.2, 0) is 11.3 Å². The predicted octanol–water partition coefficient (Wildman–Crippen LogP) is 3.69. The van der Waals surface area contributed by atoms with Gasteiger partial charge in [0.1, 0.15) is 6.61 Å². The smallest absolute Gasteiger partial charge is 0.407 e. The number of alkyl carbamates (subject to hydrolysis) is 1. The van der Waals surface area contributed by atoms with E-state index < -0.39 is 6.09 Å². The van der Waals surface area contributed by atoms with Crippen LogP contribution < -0.4 is 10.2 Å². The summed E-state index contributed by atoms with van der Waals surface area (Å²) in [4.78, 5) is 13.6. The number of benzene rings is 2. The summed E-state index contributed by atoms with van der Waals surface area (Å²) in [5, 5.41) is 2.70. The van der Waals surface area contributed by atoms with Gasteiger partial charge in [-0.1, -0.05) is 54.6 Å². The van der Waals surface area contributed by atoms with E-state index in [0.29, 0.717) is 6.54 Å². The Morgan fingerprint density at radius 2 is 1.91 bits per heavy atom. The second-order valence-corrected chi connectivity index (χ2v) is 5.33. The summed E-state index contributed by atoms with van der Waals surface area (Å²) in [5.74, 6) is 0. The van der Waals surface area contributed by atoms with Crippen LogP contribution in [0.2, 0.25) is 0 Å². The SMILES string of the molecule is CN(C)c1cccc(C=CCNC(=O)OCc2ccccc2)c1. The zero-order valence-electron chi connectivity index (χ0n) is 13.5. The molecule has 0 radical (unpaired) electrons. The van der Waals surface area contributed by atoms with E-state index in [1.807, 2.05) is 68.7 Å². The number of anilines is 1. The van der Waals surface area contributed by atoms with Crippen molar-refractivity contribution < 1.29 is 9.53 Å². The van der Waals surface area contributed by atoms with Crippen molar-refractivity contribution in [2.75, 3.05) is 25.5 Å². The van der Waals surface area contributed by atoms with Gasteiger partial charge >= 0.3 is 6.09 Å². The minimum Gasteiger partial charge on any atom is -0.445 e. The van der Waals surface area contributed by atoms with Gasteiger partial charge in [0, 0.05) is 26.3 Å². The molecule has 0 aliphatic rings. The van der Waals surface area contributed by atoms with E-state index in [1.54, 1.807) is 0 Å². The summed E-state index contributed by atoms with van der Waals surface area (Å²) >= 11 is 0. The van der Waals surface area contributed by atoms with E-state index in [1.165, 1.54) is 0 Å². The molecule has 4 heteroatoms. The molecule has 0 saturated carbocycles. The molecule has 0 aliphatic carbocycles. The number of carbonyl (C=O) groups is 1. The van der Waals surface area contributed by atoms with Crippen LogP contribution in [0.5, 0.6) is 0 Å². The van der Waals surface area contributed by atoms with Crippen molar-refractivity contribution in [3.05, 3.63) is 71.8 Å². The third-order valence-electron chi connectivity index (χ3n) is 3.27. The Balaban J connectivity index is 1.73. The summed E-state index contributed by atoms with van der Waals surface area (Å²) in [6.45, 7) is 0.709. The Hall–Kier alpha value is -2.75. The fourth-order valence-electron chi connectivity index (χ4n) is 2.02. The van der Waals surface area contributed by atoms with Gasteiger partial charge in [-0.3, -0.25) is 0 Å². The number of amides is 1. The predicted molar refractivity (Wildman–Crippen MR) is 94.4 cm³/mol. The third kappa shape index (κ3) is 5.87. The zero-order valence-corrected chi connectivity index (χ0v) is 13.5. The average Bonchev–Trinajstić information content (AvgIpc) is 2.58. The maximum atomic E-state index is 11.6. The summed E-state index contributed by atoms with van der Waals surface area (Å²) in [7, 11) is 4.01. The molecule has 2 aromatic rings. The van der Waals surface area contributed by atoms with Gasteiger partial charge in [-0.2, -0.15) is 0 Å². The molecule has 23 heavy (non-hydrogen) atoms. The molecular formula is C19H22N2O2. The Morgan fingerprint density at radius 1 is 1.13 bits per heavy atom. The summed E-state index contributed by atoms with van der Waals surface area (Å²) < 4.78 is 5.14. The topological polar surface area (TPSA) is 41.6 Å². The molecule has 2 aromatic carbocycles. The van der Waals surface area contributed by atoms with Crippen molar-refractivity contribution in [3.8, 4) is 0 Å². The van der Waals surface area contributed by atoms with E-state index in [2.05, 4.69) is 22.3 Å². The highest BCUT2D eigenvalue weighted by molar-refractivity contribution is 5.67. The van der Waals surface area contributed by atoms with Gasteiger partial charge in [0.15, 0.2) is 0 Å². The van der Waals surface area contributed by atoms with E-state index >= 15 is 0 Å². The Bertz CT molecular complexity index is 651. The number of hydrogen-bond donors (Lipinski definition) is 1. The van der Waals surface area contributed by atoms with Crippen molar-refractivity contribution in [1.82, 2.24) is 5.32 Å². The Kier molecular flexibility index (Phi) is 6.24. The molecule has 0 spiro atoms. The maximum Gasteiger partial charge on any atom is 0.407 e. The van der Waals surface area contributed by atoms with Crippen molar-refractivity contribution in [1.29, 1.82) is 0 Å². The second-order valence-electron chi connectivity index (χ2n) is 5.33. The monoisotopic (exact) mass is 310 g/mol. The van der Waals surface area contributed by atoms with E-state index in [4.69, 9.17) is 4.74 Å². The van der Waals surface area contributed by atoms with Gasteiger partial charge in [0.25, 0.3) is 0 Å². The van der Waals surface area contributed by atoms with Gasteiger partial charge < -0.3 is 15.0 Å². The van der Waals surface area contributed by atoms with Crippen LogP contribution >= 0.6 is 0 Å². The molecule has 0 aliphatic heterocycles. The van der Waals surface area contributed by atoms with Gasteiger partial charge in [0.05, 0.1) is 0 Å². The molecule has 0 unspecified atom stereocenters. The number of nitrogens with one attached hydrogen (secondary N) is 1. The van der Waals surface area contributed by atoms with Crippen molar-refractivity contribution in [2.45, 2.75) is 6.61 Å². The molecule has 120 valence electrons. The van der Waals surface area contributed by atoms with Crippen molar-refractivity contribution in [2.24, 2.45) is 0 Å².